The fourth-order valence-electron chi connectivity index (χ4n) is 1.48. The topological polar surface area (TPSA) is 55.4 Å². The van der Waals surface area contributed by atoms with E-state index in [-0.39, 0.29) is 28.3 Å². The maximum Gasteiger partial charge on any atom is 0.260 e. The van der Waals surface area contributed by atoms with E-state index in [9.17, 15) is 9.59 Å². The molecule has 1 aromatic carbocycles. The van der Waals surface area contributed by atoms with Crippen LogP contribution in [0.4, 0.5) is 0 Å². The number of benzene rings is 1. The lowest BCUT2D eigenvalue weighted by Gasteiger charge is -2.19. The maximum atomic E-state index is 11.9. The second-order valence-electron chi connectivity index (χ2n) is 4.50. The van der Waals surface area contributed by atoms with Crippen molar-refractivity contribution in [2.24, 2.45) is 0 Å². The van der Waals surface area contributed by atoms with Gasteiger partial charge >= 0.3 is 0 Å². The zero-order chi connectivity index (χ0) is 15.3. The SMILES string of the molecule is CCC(C)NC(=O)C(C)Oc1c(Cl)cc(Cl)cc1C=O. The van der Waals surface area contributed by atoms with Crippen LogP contribution in [0.2, 0.25) is 10.0 Å². The van der Waals surface area contributed by atoms with Crippen LogP contribution in [-0.2, 0) is 4.79 Å². The minimum Gasteiger partial charge on any atom is -0.479 e. The second-order valence-corrected chi connectivity index (χ2v) is 5.35. The first-order valence-electron chi connectivity index (χ1n) is 6.30. The van der Waals surface area contributed by atoms with Crippen LogP contribution in [-0.4, -0.2) is 24.3 Å². The first-order valence-corrected chi connectivity index (χ1v) is 7.05. The van der Waals surface area contributed by atoms with E-state index in [4.69, 9.17) is 27.9 Å². The van der Waals surface area contributed by atoms with Gasteiger partial charge in [0.1, 0.15) is 5.75 Å². The van der Waals surface area contributed by atoms with Gasteiger partial charge in [-0.15, -0.1) is 0 Å². The van der Waals surface area contributed by atoms with E-state index >= 15 is 0 Å². The lowest BCUT2D eigenvalue weighted by atomic mass is 10.2. The molecule has 0 saturated heterocycles. The largest absolute Gasteiger partial charge is 0.479 e. The Morgan fingerprint density at radius 1 is 1.40 bits per heavy atom. The Labute approximate surface area is 128 Å². The summed E-state index contributed by atoms with van der Waals surface area (Å²) in [7, 11) is 0. The number of amides is 1. The molecule has 0 aliphatic carbocycles. The lowest BCUT2D eigenvalue weighted by Crippen LogP contribution is -2.41. The number of halogens is 2. The van der Waals surface area contributed by atoms with E-state index in [1.54, 1.807) is 6.92 Å². The number of carbonyl (C=O) groups excluding carboxylic acids is 2. The molecule has 0 aromatic heterocycles. The van der Waals surface area contributed by atoms with Crippen molar-refractivity contribution in [3.8, 4) is 5.75 Å². The summed E-state index contributed by atoms with van der Waals surface area (Å²) in [5.41, 5.74) is 0.214. The van der Waals surface area contributed by atoms with Gasteiger partial charge in [-0.2, -0.15) is 0 Å². The molecular weight excluding hydrogens is 301 g/mol. The van der Waals surface area contributed by atoms with Crippen LogP contribution < -0.4 is 10.1 Å². The quantitative estimate of drug-likeness (QED) is 0.817. The molecule has 0 fully saturated rings. The van der Waals surface area contributed by atoms with Crippen molar-refractivity contribution < 1.29 is 14.3 Å². The third-order valence-corrected chi connectivity index (χ3v) is 3.33. The normalized spacial score (nSPS) is 13.4. The molecule has 6 heteroatoms. The van der Waals surface area contributed by atoms with Crippen LogP contribution in [0.3, 0.4) is 0 Å². The molecule has 0 heterocycles. The molecule has 0 saturated carbocycles. The minimum atomic E-state index is -0.763. The third kappa shape index (κ3) is 4.39. The monoisotopic (exact) mass is 317 g/mol. The smallest absolute Gasteiger partial charge is 0.260 e. The average Bonchev–Trinajstić information content (AvgIpc) is 2.40. The Morgan fingerprint density at radius 3 is 2.60 bits per heavy atom. The summed E-state index contributed by atoms with van der Waals surface area (Å²) < 4.78 is 5.50. The summed E-state index contributed by atoms with van der Waals surface area (Å²) in [6.07, 6.45) is 0.646. The molecule has 20 heavy (non-hydrogen) atoms. The van der Waals surface area contributed by atoms with Crippen LogP contribution in [0, 0.1) is 0 Å². The zero-order valence-corrected chi connectivity index (χ0v) is 13.1. The van der Waals surface area contributed by atoms with Gasteiger partial charge in [0.2, 0.25) is 0 Å². The Kier molecular flexibility index (Phi) is 6.30. The first-order chi connectivity index (χ1) is 9.38. The highest BCUT2D eigenvalue weighted by molar-refractivity contribution is 6.36. The van der Waals surface area contributed by atoms with Crippen LogP contribution in [0.5, 0.6) is 5.75 Å². The van der Waals surface area contributed by atoms with Crippen molar-refractivity contribution in [1.29, 1.82) is 0 Å². The Hall–Kier alpha value is -1.26. The van der Waals surface area contributed by atoms with E-state index < -0.39 is 6.10 Å². The van der Waals surface area contributed by atoms with Gasteiger partial charge in [0.25, 0.3) is 5.91 Å². The van der Waals surface area contributed by atoms with Crippen LogP contribution in [0.1, 0.15) is 37.6 Å². The van der Waals surface area contributed by atoms with Crippen LogP contribution >= 0.6 is 23.2 Å². The van der Waals surface area contributed by atoms with Gasteiger partial charge in [-0.25, -0.2) is 0 Å². The Morgan fingerprint density at radius 2 is 2.05 bits per heavy atom. The molecule has 0 aliphatic rings. The van der Waals surface area contributed by atoms with Crippen LogP contribution in [0.15, 0.2) is 12.1 Å². The predicted molar refractivity (Wildman–Crippen MR) is 79.8 cm³/mol. The third-order valence-electron chi connectivity index (χ3n) is 2.83. The van der Waals surface area contributed by atoms with E-state index in [1.807, 2.05) is 13.8 Å². The van der Waals surface area contributed by atoms with E-state index in [0.717, 1.165) is 6.42 Å². The predicted octanol–water partition coefficient (Wildman–Crippen LogP) is 3.49. The highest BCUT2D eigenvalue weighted by atomic mass is 35.5. The van der Waals surface area contributed by atoms with Crippen molar-refractivity contribution in [3.63, 3.8) is 0 Å². The highest BCUT2D eigenvalue weighted by Gasteiger charge is 2.19. The summed E-state index contributed by atoms with van der Waals surface area (Å²) >= 11 is 11.8. The first kappa shape index (κ1) is 16.8. The van der Waals surface area contributed by atoms with Gasteiger partial charge in [-0.05, 0) is 32.4 Å². The van der Waals surface area contributed by atoms with Crippen molar-refractivity contribution >= 4 is 35.4 Å². The number of rotatable bonds is 6. The maximum absolute atomic E-state index is 11.9. The zero-order valence-electron chi connectivity index (χ0n) is 11.6. The number of ether oxygens (including phenoxy) is 1. The molecule has 4 nitrogen and oxygen atoms in total. The molecule has 1 aromatic rings. The van der Waals surface area contributed by atoms with Crippen molar-refractivity contribution in [2.45, 2.75) is 39.3 Å². The fraction of sp³-hybridized carbons (Fsp3) is 0.429. The molecule has 110 valence electrons. The summed E-state index contributed by atoms with van der Waals surface area (Å²) in [5, 5.41) is 3.33. The molecule has 1 N–H and O–H groups in total. The molecule has 1 rings (SSSR count). The van der Waals surface area contributed by atoms with E-state index in [2.05, 4.69) is 5.32 Å². The lowest BCUT2D eigenvalue weighted by molar-refractivity contribution is -0.127. The van der Waals surface area contributed by atoms with Crippen molar-refractivity contribution in [1.82, 2.24) is 5.32 Å². The van der Waals surface area contributed by atoms with E-state index in [0.29, 0.717) is 11.3 Å². The average molecular weight is 318 g/mol. The second kappa shape index (κ2) is 7.50. The Bertz CT molecular complexity index is 505. The summed E-state index contributed by atoms with van der Waals surface area (Å²) in [5.74, 6) is -0.0971. The van der Waals surface area contributed by atoms with Gasteiger partial charge in [-0.3, -0.25) is 9.59 Å². The minimum absolute atomic E-state index is 0.0554. The summed E-state index contributed by atoms with van der Waals surface area (Å²) in [6.45, 7) is 5.46. The van der Waals surface area contributed by atoms with Gasteiger partial charge in [-0.1, -0.05) is 30.1 Å². The molecule has 0 aliphatic heterocycles. The molecule has 0 bridgehead atoms. The molecular formula is C14H17Cl2NO3. The molecule has 0 radical (unpaired) electrons. The standard InChI is InChI=1S/C14H17Cl2NO3/c1-4-8(2)17-14(19)9(3)20-13-10(7-18)5-11(15)6-12(13)16/h5-9H,4H2,1-3H3,(H,17,19). The number of nitrogens with one attached hydrogen (secondary N) is 1. The van der Waals surface area contributed by atoms with Crippen LogP contribution in [0.25, 0.3) is 0 Å². The van der Waals surface area contributed by atoms with Crippen molar-refractivity contribution in [2.75, 3.05) is 0 Å². The number of hydrogen-bond acceptors (Lipinski definition) is 3. The number of aldehydes is 1. The molecule has 0 spiro atoms. The number of carbonyl (C=O) groups is 2. The van der Waals surface area contributed by atoms with Gasteiger partial charge in [0, 0.05) is 11.1 Å². The molecule has 2 unspecified atom stereocenters. The van der Waals surface area contributed by atoms with E-state index in [1.165, 1.54) is 12.1 Å². The fourth-order valence-corrected chi connectivity index (χ4v) is 2.04. The molecule has 1 amide bonds. The molecule has 2 atom stereocenters. The summed E-state index contributed by atoms with van der Waals surface area (Å²) in [4.78, 5) is 22.9. The van der Waals surface area contributed by atoms with Gasteiger partial charge in [0.05, 0.1) is 10.6 Å². The summed E-state index contributed by atoms with van der Waals surface area (Å²) in [6, 6.07) is 2.96. The highest BCUT2D eigenvalue weighted by Crippen LogP contribution is 2.32. The Balaban J connectivity index is 2.87. The van der Waals surface area contributed by atoms with Crippen molar-refractivity contribution in [3.05, 3.63) is 27.7 Å². The van der Waals surface area contributed by atoms with Gasteiger partial charge in [0.15, 0.2) is 12.4 Å². The van der Waals surface area contributed by atoms with Gasteiger partial charge < -0.3 is 10.1 Å². The number of hydrogen-bond donors (Lipinski definition) is 1.